The fourth-order valence-corrected chi connectivity index (χ4v) is 3.41. The lowest BCUT2D eigenvalue weighted by atomic mass is 9.95. The number of aryl methyl sites for hydroxylation is 2. The minimum absolute atomic E-state index is 0.556. The average Bonchev–Trinajstić information content (AvgIpc) is 2.97. The van der Waals surface area contributed by atoms with Crippen LogP contribution in [0.3, 0.4) is 0 Å². The molecule has 0 aliphatic heterocycles. The lowest BCUT2D eigenvalue weighted by Crippen LogP contribution is -2.10. The molecule has 4 heteroatoms. The molecule has 0 amide bonds. The maximum absolute atomic E-state index is 5.86. The fraction of sp³-hybridized carbons (Fsp3) is 0.400. The highest BCUT2D eigenvalue weighted by molar-refractivity contribution is 7.98. The van der Waals surface area contributed by atoms with Gasteiger partial charge in [0, 0.05) is 12.2 Å². The molecule has 0 radical (unpaired) electrons. The van der Waals surface area contributed by atoms with Gasteiger partial charge in [-0.15, -0.1) is 0 Å². The smallest absolute Gasteiger partial charge is 0.114 e. The molecule has 0 aromatic carbocycles. The van der Waals surface area contributed by atoms with E-state index in [4.69, 9.17) is 15.1 Å². The standard InChI is InChI=1S/C15H18N2OS/c16-9-12-8-11-4-1-2-6-14(11)17-15(12)19-10-13-5-3-7-18-13/h3,5,7-8H,1-2,4,6,9-10,16H2. The Balaban J connectivity index is 1.82. The largest absolute Gasteiger partial charge is 0.468 e. The van der Waals surface area contributed by atoms with Crippen LogP contribution >= 0.6 is 11.8 Å². The van der Waals surface area contributed by atoms with Crippen molar-refractivity contribution in [1.82, 2.24) is 4.98 Å². The molecule has 0 saturated heterocycles. The van der Waals surface area contributed by atoms with Crippen LogP contribution in [-0.4, -0.2) is 4.98 Å². The van der Waals surface area contributed by atoms with Crippen LogP contribution < -0.4 is 5.73 Å². The van der Waals surface area contributed by atoms with Gasteiger partial charge in [0.1, 0.15) is 10.8 Å². The highest BCUT2D eigenvalue weighted by Crippen LogP contribution is 2.29. The summed E-state index contributed by atoms with van der Waals surface area (Å²) in [6.07, 6.45) is 6.49. The van der Waals surface area contributed by atoms with Crippen molar-refractivity contribution in [1.29, 1.82) is 0 Å². The zero-order valence-electron chi connectivity index (χ0n) is 10.9. The number of nitrogens with two attached hydrogens (primary N) is 1. The topological polar surface area (TPSA) is 52.0 Å². The van der Waals surface area contributed by atoms with Crippen LogP contribution in [-0.2, 0) is 25.1 Å². The Morgan fingerprint density at radius 3 is 3.00 bits per heavy atom. The van der Waals surface area contributed by atoms with E-state index in [2.05, 4.69) is 6.07 Å². The van der Waals surface area contributed by atoms with Crippen LogP contribution in [0, 0.1) is 0 Å². The summed E-state index contributed by atoms with van der Waals surface area (Å²) in [7, 11) is 0. The van der Waals surface area contributed by atoms with E-state index in [0.717, 1.165) is 34.9 Å². The molecule has 0 unspecified atom stereocenters. The van der Waals surface area contributed by atoms with E-state index in [0.29, 0.717) is 6.54 Å². The number of rotatable bonds is 4. The number of nitrogens with zero attached hydrogens (tertiary/aromatic N) is 1. The fourth-order valence-electron chi connectivity index (χ4n) is 2.47. The Labute approximate surface area is 117 Å². The Morgan fingerprint density at radius 2 is 2.21 bits per heavy atom. The summed E-state index contributed by atoms with van der Waals surface area (Å²) < 4.78 is 5.36. The zero-order valence-corrected chi connectivity index (χ0v) is 11.7. The summed E-state index contributed by atoms with van der Waals surface area (Å²) >= 11 is 1.72. The zero-order chi connectivity index (χ0) is 13.1. The molecule has 2 N–H and O–H groups in total. The van der Waals surface area contributed by atoms with Gasteiger partial charge in [0.25, 0.3) is 0 Å². The molecular weight excluding hydrogens is 256 g/mol. The first kappa shape index (κ1) is 12.8. The second-order valence-electron chi connectivity index (χ2n) is 4.84. The molecule has 0 bridgehead atoms. The van der Waals surface area contributed by atoms with E-state index >= 15 is 0 Å². The van der Waals surface area contributed by atoms with Crippen molar-refractivity contribution in [2.45, 2.75) is 43.0 Å². The molecule has 1 aliphatic carbocycles. The van der Waals surface area contributed by atoms with Crippen molar-refractivity contribution in [2.24, 2.45) is 5.73 Å². The van der Waals surface area contributed by atoms with Gasteiger partial charge in [-0.1, -0.05) is 17.8 Å². The first-order valence-corrected chi connectivity index (χ1v) is 7.72. The van der Waals surface area contributed by atoms with Crippen LogP contribution in [0.15, 0.2) is 33.9 Å². The molecule has 2 heterocycles. The molecule has 100 valence electrons. The third-order valence-electron chi connectivity index (χ3n) is 3.49. The van der Waals surface area contributed by atoms with Gasteiger partial charge < -0.3 is 10.2 Å². The van der Waals surface area contributed by atoms with E-state index < -0.39 is 0 Å². The third kappa shape index (κ3) is 2.85. The second kappa shape index (κ2) is 5.80. The highest BCUT2D eigenvalue weighted by atomic mass is 32.2. The van der Waals surface area contributed by atoms with Crippen LogP contribution in [0.1, 0.15) is 35.4 Å². The number of fused-ring (bicyclic) bond motifs is 1. The van der Waals surface area contributed by atoms with Gasteiger partial charge in [-0.25, -0.2) is 4.98 Å². The molecule has 0 saturated carbocycles. The number of pyridine rings is 1. The first-order chi connectivity index (χ1) is 9.36. The Bertz CT molecular complexity index is 552. The summed E-state index contributed by atoms with van der Waals surface area (Å²) in [5.74, 6) is 1.79. The van der Waals surface area contributed by atoms with Crippen molar-refractivity contribution in [3.63, 3.8) is 0 Å². The molecule has 0 atom stereocenters. The summed E-state index contributed by atoms with van der Waals surface area (Å²) in [5.41, 5.74) is 9.69. The monoisotopic (exact) mass is 274 g/mol. The van der Waals surface area contributed by atoms with Gasteiger partial charge in [-0.3, -0.25) is 0 Å². The minimum atomic E-state index is 0.556. The van der Waals surface area contributed by atoms with E-state index in [1.165, 1.54) is 24.1 Å². The van der Waals surface area contributed by atoms with E-state index in [9.17, 15) is 0 Å². The summed E-state index contributed by atoms with van der Waals surface area (Å²) in [6.45, 7) is 0.556. The van der Waals surface area contributed by atoms with Gasteiger partial charge in [-0.05, 0) is 48.9 Å². The molecule has 0 spiro atoms. The van der Waals surface area contributed by atoms with Gasteiger partial charge >= 0.3 is 0 Å². The van der Waals surface area contributed by atoms with Crippen LogP contribution in [0.5, 0.6) is 0 Å². The van der Waals surface area contributed by atoms with Crippen molar-refractivity contribution < 1.29 is 4.42 Å². The van der Waals surface area contributed by atoms with Crippen molar-refractivity contribution in [3.8, 4) is 0 Å². The number of hydrogen-bond acceptors (Lipinski definition) is 4. The summed E-state index contributed by atoms with van der Waals surface area (Å²) in [5, 5.41) is 1.07. The Hall–Kier alpha value is -1.26. The van der Waals surface area contributed by atoms with Gasteiger partial charge in [0.2, 0.25) is 0 Å². The highest BCUT2D eigenvalue weighted by Gasteiger charge is 2.15. The van der Waals surface area contributed by atoms with Crippen molar-refractivity contribution in [3.05, 3.63) is 47.0 Å². The minimum Gasteiger partial charge on any atom is -0.468 e. The van der Waals surface area contributed by atoms with E-state index in [1.807, 2.05) is 12.1 Å². The van der Waals surface area contributed by atoms with E-state index in [1.54, 1.807) is 18.0 Å². The predicted octanol–water partition coefficient (Wildman–Crippen LogP) is 3.30. The van der Waals surface area contributed by atoms with Crippen molar-refractivity contribution in [2.75, 3.05) is 0 Å². The van der Waals surface area contributed by atoms with E-state index in [-0.39, 0.29) is 0 Å². The SMILES string of the molecule is NCc1cc2c(nc1SCc1ccco1)CCCC2. The quantitative estimate of drug-likeness (QED) is 0.869. The molecule has 3 nitrogen and oxygen atoms in total. The Morgan fingerprint density at radius 1 is 1.32 bits per heavy atom. The summed E-state index contributed by atoms with van der Waals surface area (Å²) in [4.78, 5) is 4.82. The van der Waals surface area contributed by atoms with Crippen LogP contribution in [0.2, 0.25) is 0 Å². The number of thioether (sulfide) groups is 1. The van der Waals surface area contributed by atoms with Crippen LogP contribution in [0.4, 0.5) is 0 Å². The molecular formula is C15H18N2OS. The number of hydrogen-bond donors (Lipinski definition) is 1. The first-order valence-electron chi connectivity index (χ1n) is 6.73. The van der Waals surface area contributed by atoms with Gasteiger partial charge in [0.05, 0.1) is 12.0 Å². The molecule has 0 fully saturated rings. The molecule has 19 heavy (non-hydrogen) atoms. The molecule has 2 aromatic heterocycles. The normalized spacial score (nSPS) is 14.4. The lowest BCUT2D eigenvalue weighted by molar-refractivity contribution is 0.530. The second-order valence-corrected chi connectivity index (χ2v) is 5.80. The average molecular weight is 274 g/mol. The summed E-state index contributed by atoms with van der Waals surface area (Å²) in [6, 6.07) is 6.17. The van der Waals surface area contributed by atoms with Gasteiger partial charge in [0.15, 0.2) is 0 Å². The molecule has 3 rings (SSSR count). The predicted molar refractivity (Wildman–Crippen MR) is 77.0 cm³/mol. The number of aromatic nitrogens is 1. The third-order valence-corrected chi connectivity index (χ3v) is 4.55. The van der Waals surface area contributed by atoms with Gasteiger partial charge in [-0.2, -0.15) is 0 Å². The lowest BCUT2D eigenvalue weighted by Gasteiger charge is -2.17. The molecule has 1 aliphatic rings. The maximum Gasteiger partial charge on any atom is 0.114 e. The molecule has 2 aromatic rings. The maximum atomic E-state index is 5.86. The Kier molecular flexibility index (Phi) is 3.89. The van der Waals surface area contributed by atoms with Crippen molar-refractivity contribution >= 4 is 11.8 Å². The van der Waals surface area contributed by atoms with Crippen LogP contribution in [0.25, 0.3) is 0 Å². The number of furan rings is 1.